The number of carboxylic acids is 1. The van der Waals surface area contributed by atoms with E-state index in [1.165, 1.54) is 12.1 Å². The highest BCUT2D eigenvalue weighted by Gasteiger charge is 2.05. The van der Waals surface area contributed by atoms with E-state index in [0.29, 0.717) is 18.9 Å². The smallest absolute Gasteiger partial charge is 0.335 e. The molecule has 5 heteroatoms. The van der Waals surface area contributed by atoms with Crippen LogP contribution in [0.25, 0.3) is 0 Å². The van der Waals surface area contributed by atoms with Gasteiger partial charge in [0.05, 0.1) is 12.1 Å². The van der Waals surface area contributed by atoms with E-state index >= 15 is 0 Å². The average molecular weight is 287 g/mol. The number of ether oxygens (including phenoxy) is 1. The topological polar surface area (TPSA) is 70.0 Å². The molecule has 0 spiro atoms. The second kappa shape index (κ2) is 6.65. The summed E-state index contributed by atoms with van der Waals surface area (Å²) in [6, 6.07) is 13.3. The number of hydrogen-bond donors (Lipinski definition) is 2. The van der Waals surface area contributed by atoms with Gasteiger partial charge in [0, 0.05) is 12.7 Å². The summed E-state index contributed by atoms with van der Waals surface area (Å²) in [5.74, 6) is -0.204. The molecule has 0 saturated carbocycles. The molecule has 21 heavy (non-hydrogen) atoms. The van der Waals surface area contributed by atoms with Crippen molar-refractivity contribution in [1.29, 1.82) is 0 Å². The fourth-order valence-electron chi connectivity index (χ4n) is 1.86. The molecule has 0 fully saturated rings. The van der Waals surface area contributed by atoms with E-state index in [-0.39, 0.29) is 11.3 Å². The lowest BCUT2D eigenvalue weighted by atomic mass is 10.2. The van der Waals surface area contributed by atoms with Gasteiger partial charge in [-0.25, -0.2) is 4.79 Å². The number of aromatic hydroxyl groups is 1. The van der Waals surface area contributed by atoms with Crippen molar-refractivity contribution in [2.45, 2.75) is 0 Å². The van der Waals surface area contributed by atoms with Gasteiger partial charge in [-0.2, -0.15) is 0 Å². The minimum Gasteiger partial charge on any atom is -0.508 e. The minimum atomic E-state index is -0.971. The van der Waals surface area contributed by atoms with Crippen LogP contribution in [0.1, 0.15) is 10.4 Å². The van der Waals surface area contributed by atoms with E-state index in [9.17, 15) is 9.90 Å². The van der Waals surface area contributed by atoms with Crippen LogP contribution in [0.3, 0.4) is 0 Å². The number of carboxylic acid groups (broad SMARTS) is 1. The molecule has 0 aliphatic rings. The molecular weight excluding hydrogens is 270 g/mol. The number of hydrogen-bond acceptors (Lipinski definition) is 4. The molecule has 0 bridgehead atoms. The minimum absolute atomic E-state index is 0.208. The van der Waals surface area contributed by atoms with Gasteiger partial charge in [-0.1, -0.05) is 6.07 Å². The SMILES string of the molecule is CN(CCOc1cccc(C(=O)O)c1)c1ccc(O)cc1. The molecule has 110 valence electrons. The molecule has 2 aromatic carbocycles. The second-order valence-corrected chi connectivity index (χ2v) is 4.62. The Hall–Kier alpha value is -2.69. The number of anilines is 1. The van der Waals surface area contributed by atoms with Gasteiger partial charge in [0.1, 0.15) is 18.1 Å². The van der Waals surface area contributed by atoms with Crippen molar-refractivity contribution in [3.8, 4) is 11.5 Å². The molecule has 0 unspecified atom stereocenters. The molecule has 2 rings (SSSR count). The van der Waals surface area contributed by atoms with Crippen LogP contribution in [0.4, 0.5) is 5.69 Å². The van der Waals surface area contributed by atoms with Gasteiger partial charge < -0.3 is 19.8 Å². The predicted molar refractivity (Wildman–Crippen MR) is 80.3 cm³/mol. The first-order valence-electron chi connectivity index (χ1n) is 6.52. The fraction of sp³-hybridized carbons (Fsp3) is 0.188. The summed E-state index contributed by atoms with van der Waals surface area (Å²) in [4.78, 5) is 12.9. The molecule has 0 aromatic heterocycles. The molecule has 0 aliphatic heterocycles. The largest absolute Gasteiger partial charge is 0.508 e. The lowest BCUT2D eigenvalue weighted by molar-refractivity contribution is 0.0696. The first kappa shape index (κ1) is 14.7. The van der Waals surface area contributed by atoms with Gasteiger partial charge in [-0.3, -0.25) is 0 Å². The summed E-state index contributed by atoms with van der Waals surface area (Å²) in [7, 11) is 1.92. The van der Waals surface area contributed by atoms with Crippen molar-refractivity contribution in [2.75, 3.05) is 25.1 Å². The van der Waals surface area contributed by atoms with Crippen LogP contribution in [0, 0.1) is 0 Å². The maximum Gasteiger partial charge on any atom is 0.335 e. The quantitative estimate of drug-likeness (QED) is 0.854. The summed E-state index contributed by atoms with van der Waals surface area (Å²) in [5.41, 5.74) is 1.18. The summed E-state index contributed by atoms with van der Waals surface area (Å²) in [6.45, 7) is 1.07. The number of likely N-dealkylation sites (N-methyl/N-ethyl adjacent to an activating group) is 1. The third-order valence-electron chi connectivity index (χ3n) is 3.07. The Kier molecular flexibility index (Phi) is 4.66. The van der Waals surface area contributed by atoms with Gasteiger partial charge in [-0.15, -0.1) is 0 Å². The summed E-state index contributed by atoms with van der Waals surface area (Å²) >= 11 is 0. The standard InChI is InChI=1S/C16H17NO4/c1-17(13-5-7-14(18)8-6-13)9-10-21-15-4-2-3-12(11-15)16(19)20/h2-8,11,18H,9-10H2,1H3,(H,19,20). The number of benzene rings is 2. The first-order valence-corrected chi connectivity index (χ1v) is 6.52. The van der Waals surface area contributed by atoms with Crippen molar-refractivity contribution in [1.82, 2.24) is 0 Å². The Morgan fingerprint density at radius 3 is 2.57 bits per heavy atom. The lowest BCUT2D eigenvalue weighted by Gasteiger charge is -2.19. The highest BCUT2D eigenvalue weighted by molar-refractivity contribution is 5.87. The third kappa shape index (κ3) is 4.14. The third-order valence-corrected chi connectivity index (χ3v) is 3.07. The van der Waals surface area contributed by atoms with Crippen LogP contribution in [0.5, 0.6) is 11.5 Å². The monoisotopic (exact) mass is 287 g/mol. The number of phenolic OH excluding ortho intramolecular Hbond substituents is 1. The Balaban J connectivity index is 1.87. The van der Waals surface area contributed by atoms with Crippen LogP contribution in [-0.4, -0.2) is 36.4 Å². The summed E-state index contributed by atoms with van der Waals surface area (Å²) in [5, 5.41) is 18.2. The van der Waals surface area contributed by atoms with Crippen LogP contribution >= 0.6 is 0 Å². The summed E-state index contributed by atoms with van der Waals surface area (Å²) in [6.07, 6.45) is 0. The zero-order chi connectivity index (χ0) is 15.2. The van der Waals surface area contributed by atoms with Gasteiger partial charge in [0.15, 0.2) is 0 Å². The number of nitrogens with zero attached hydrogens (tertiary/aromatic N) is 1. The number of carbonyl (C=O) groups is 1. The second-order valence-electron chi connectivity index (χ2n) is 4.62. The number of phenols is 1. The van der Waals surface area contributed by atoms with Gasteiger partial charge in [-0.05, 0) is 42.5 Å². The highest BCUT2D eigenvalue weighted by Crippen LogP contribution is 2.17. The summed E-state index contributed by atoms with van der Waals surface area (Å²) < 4.78 is 5.56. The van der Waals surface area contributed by atoms with E-state index < -0.39 is 5.97 Å². The van der Waals surface area contributed by atoms with Gasteiger partial charge in [0.25, 0.3) is 0 Å². The molecule has 2 aromatic rings. The molecule has 0 heterocycles. The molecule has 0 aliphatic carbocycles. The molecule has 2 N–H and O–H groups in total. The Labute approximate surface area is 123 Å². The maximum atomic E-state index is 10.9. The van der Waals surface area contributed by atoms with E-state index in [1.54, 1.807) is 24.3 Å². The van der Waals surface area contributed by atoms with Crippen LogP contribution < -0.4 is 9.64 Å². The van der Waals surface area contributed by atoms with Gasteiger partial charge >= 0.3 is 5.97 Å². The predicted octanol–water partition coefficient (Wildman–Crippen LogP) is 2.61. The maximum absolute atomic E-state index is 10.9. The molecule has 5 nitrogen and oxygen atoms in total. The lowest BCUT2D eigenvalue weighted by Crippen LogP contribution is -2.23. The van der Waals surface area contributed by atoms with E-state index in [1.807, 2.05) is 24.1 Å². The Bertz CT molecular complexity index is 610. The van der Waals surface area contributed by atoms with Crippen molar-refractivity contribution in [2.24, 2.45) is 0 Å². The van der Waals surface area contributed by atoms with E-state index in [2.05, 4.69) is 0 Å². The fourth-order valence-corrected chi connectivity index (χ4v) is 1.86. The first-order chi connectivity index (χ1) is 10.1. The number of rotatable bonds is 6. The van der Waals surface area contributed by atoms with Crippen molar-refractivity contribution in [3.63, 3.8) is 0 Å². The van der Waals surface area contributed by atoms with Crippen LogP contribution in [-0.2, 0) is 0 Å². The molecule has 0 amide bonds. The van der Waals surface area contributed by atoms with Crippen molar-refractivity contribution in [3.05, 3.63) is 54.1 Å². The van der Waals surface area contributed by atoms with Crippen LogP contribution in [0.2, 0.25) is 0 Å². The van der Waals surface area contributed by atoms with E-state index in [0.717, 1.165) is 5.69 Å². The normalized spacial score (nSPS) is 10.1. The number of aromatic carboxylic acids is 1. The molecule has 0 atom stereocenters. The molecule has 0 radical (unpaired) electrons. The highest BCUT2D eigenvalue weighted by atomic mass is 16.5. The van der Waals surface area contributed by atoms with E-state index in [4.69, 9.17) is 9.84 Å². The Morgan fingerprint density at radius 1 is 1.19 bits per heavy atom. The Morgan fingerprint density at radius 2 is 1.90 bits per heavy atom. The molecular formula is C16H17NO4. The zero-order valence-electron chi connectivity index (χ0n) is 11.7. The zero-order valence-corrected chi connectivity index (χ0v) is 11.7. The van der Waals surface area contributed by atoms with Crippen molar-refractivity contribution < 1.29 is 19.7 Å². The molecule has 0 saturated heterocycles. The average Bonchev–Trinajstić information content (AvgIpc) is 2.48. The van der Waals surface area contributed by atoms with Crippen molar-refractivity contribution >= 4 is 11.7 Å². The van der Waals surface area contributed by atoms with Crippen LogP contribution in [0.15, 0.2) is 48.5 Å². The van der Waals surface area contributed by atoms with Gasteiger partial charge in [0.2, 0.25) is 0 Å².